The fourth-order valence-corrected chi connectivity index (χ4v) is 13.8. The third-order valence-electron chi connectivity index (χ3n) is 17.4. The molecule has 380 valence electrons. The molecule has 0 atom stereocenters. The van der Waals surface area contributed by atoms with Crippen molar-refractivity contribution < 1.29 is 0 Å². The lowest BCUT2D eigenvalue weighted by atomic mass is 9.70. The molecule has 0 saturated heterocycles. The summed E-state index contributed by atoms with van der Waals surface area (Å²) < 4.78 is 2.43. The molecule has 4 heteroatoms. The lowest BCUT2D eigenvalue weighted by molar-refractivity contribution is 0.794. The van der Waals surface area contributed by atoms with Gasteiger partial charge in [0.2, 0.25) is 0 Å². The van der Waals surface area contributed by atoms with Gasteiger partial charge in [0, 0.05) is 49.9 Å². The van der Waals surface area contributed by atoms with Crippen LogP contribution in [0.5, 0.6) is 0 Å². The Bertz CT molecular complexity index is 4830. The zero-order chi connectivity index (χ0) is 53.8. The Hall–Kier alpha value is -10.4. The summed E-state index contributed by atoms with van der Waals surface area (Å²) in [5.74, 6) is 0. The van der Waals surface area contributed by atoms with Gasteiger partial charge in [-0.3, -0.25) is 4.98 Å². The molecule has 2 heterocycles. The molecule has 2 aromatic heterocycles. The molecule has 1 spiro atoms. The van der Waals surface area contributed by atoms with Crippen molar-refractivity contribution in [2.45, 2.75) is 18.8 Å². The van der Waals surface area contributed by atoms with Crippen molar-refractivity contribution in [2.75, 3.05) is 4.90 Å². The number of fused-ring (bicyclic) bond motifs is 19. The van der Waals surface area contributed by atoms with Crippen molar-refractivity contribution in [3.05, 3.63) is 302 Å². The van der Waals surface area contributed by atoms with E-state index in [1.54, 1.807) is 0 Å². The number of allylic oxidation sites excluding steroid dienone is 3. The van der Waals surface area contributed by atoms with E-state index >= 15 is 0 Å². The zero-order valence-corrected chi connectivity index (χ0v) is 44.7. The van der Waals surface area contributed by atoms with Gasteiger partial charge in [0.15, 0.2) is 0 Å². The van der Waals surface area contributed by atoms with Crippen LogP contribution in [0, 0.1) is 0 Å². The van der Waals surface area contributed by atoms with Crippen LogP contribution in [0.3, 0.4) is 0 Å². The molecule has 16 rings (SSSR count). The summed E-state index contributed by atoms with van der Waals surface area (Å²) in [7, 11) is 0. The molecule has 0 radical (unpaired) electrons. The first-order valence-electron chi connectivity index (χ1n) is 28.1. The zero-order valence-electron chi connectivity index (χ0n) is 44.7. The maximum Gasteiger partial charge on any atom is 0.0979 e. The van der Waals surface area contributed by atoms with Crippen LogP contribution in [0.2, 0.25) is 0 Å². The van der Waals surface area contributed by atoms with E-state index in [0.717, 1.165) is 67.7 Å². The SMILES string of the molecule is C=C/C=C(\CC)n1c2ccc(-c3ccc(N(c4ccccc4)c4ccc(-c5cnc6c7ccccc7c7ccccc7c6n5)cc4)cc3)cc2c2cc(-c3ccc4c(c3)C3(c5ccccc5-c5ccccc53)c3ccccc3-4)ccc21. The van der Waals surface area contributed by atoms with Gasteiger partial charge in [-0.25, -0.2) is 4.98 Å². The van der Waals surface area contributed by atoms with Crippen LogP contribution in [-0.2, 0) is 5.41 Å². The molecule has 0 amide bonds. The lowest BCUT2D eigenvalue weighted by Crippen LogP contribution is -2.25. The summed E-state index contributed by atoms with van der Waals surface area (Å²) in [6.07, 6.45) is 6.84. The van der Waals surface area contributed by atoms with Crippen molar-refractivity contribution in [3.8, 4) is 55.8 Å². The van der Waals surface area contributed by atoms with E-state index in [2.05, 4.69) is 284 Å². The Morgan fingerprint density at radius 1 is 0.420 bits per heavy atom. The fraction of sp³-hybridized carbons (Fsp3) is 0.0390. The second kappa shape index (κ2) is 18.3. The van der Waals surface area contributed by atoms with Gasteiger partial charge < -0.3 is 9.47 Å². The largest absolute Gasteiger partial charge is 0.313 e. The molecule has 0 aliphatic heterocycles. The van der Waals surface area contributed by atoms with Crippen LogP contribution < -0.4 is 4.90 Å². The first-order chi connectivity index (χ1) is 40.1. The topological polar surface area (TPSA) is 34.0 Å². The molecule has 12 aromatic carbocycles. The number of para-hydroxylation sites is 1. The van der Waals surface area contributed by atoms with E-state index < -0.39 is 5.41 Å². The summed E-state index contributed by atoms with van der Waals surface area (Å²) in [5.41, 5.74) is 25.4. The van der Waals surface area contributed by atoms with Crippen molar-refractivity contribution in [1.82, 2.24) is 14.5 Å². The first kappa shape index (κ1) is 46.7. The Labute approximate surface area is 470 Å². The molecule has 81 heavy (non-hydrogen) atoms. The highest BCUT2D eigenvalue weighted by Gasteiger charge is 2.51. The van der Waals surface area contributed by atoms with E-state index in [4.69, 9.17) is 9.97 Å². The minimum Gasteiger partial charge on any atom is -0.313 e. The Balaban J connectivity index is 0.778. The summed E-state index contributed by atoms with van der Waals surface area (Å²) in [4.78, 5) is 12.7. The number of hydrogen-bond acceptors (Lipinski definition) is 3. The Kier molecular flexibility index (Phi) is 10.6. The Morgan fingerprint density at radius 2 is 0.864 bits per heavy atom. The summed E-state index contributed by atoms with van der Waals surface area (Å²) in [5, 5.41) is 7.03. The van der Waals surface area contributed by atoms with Gasteiger partial charge in [0.25, 0.3) is 0 Å². The number of rotatable bonds is 9. The third-order valence-corrected chi connectivity index (χ3v) is 17.4. The van der Waals surface area contributed by atoms with Crippen molar-refractivity contribution >= 4 is 77.1 Å². The second-order valence-corrected chi connectivity index (χ2v) is 21.5. The third kappa shape index (κ3) is 6.97. The monoisotopic (exact) mass is 1030 g/mol. The van der Waals surface area contributed by atoms with Crippen molar-refractivity contribution in [3.63, 3.8) is 0 Å². The molecule has 2 aliphatic carbocycles. The molecule has 0 fully saturated rings. The number of anilines is 3. The number of hydrogen-bond donors (Lipinski definition) is 0. The molecule has 0 N–H and O–H groups in total. The van der Waals surface area contributed by atoms with Crippen LogP contribution in [0.25, 0.3) is 116 Å². The van der Waals surface area contributed by atoms with Gasteiger partial charge in [-0.1, -0.05) is 208 Å². The van der Waals surface area contributed by atoms with E-state index in [1.165, 1.54) is 93.9 Å². The number of aromatic nitrogens is 3. The Morgan fingerprint density at radius 3 is 1.43 bits per heavy atom. The van der Waals surface area contributed by atoms with Gasteiger partial charge in [-0.05, 0) is 157 Å². The lowest BCUT2D eigenvalue weighted by Gasteiger charge is -2.30. The van der Waals surface area contributed by atoms with Gasteiger partial charge in [0.1, 0.15) is 0 Å². The van der Waals surface area contributed by atoms with Crippen LogP contribution in [0.4, 0.5) is 17.1 Å². The van der Waals surface area contributed by atoms with Crippen molar-refractivity contribution in [2.24, 2.45) is 0 Å². The molecule has 14 aromatic rings. The predicted octanol–water partition coefficient (Wildman–Crippen LogP) is 20.3. The molecular formula is C77H52N4. The van der Waals surface area contributed by atoms with E-state index in [-0.39, 0.29) is 0 Å². The average molecular weight is 1030 g/mol. The highest BCUT2D eigenvalue weighted by molar-refractivity contribution is 6.23. The summed E-state index contributed by atoms with van der Waals surface area (Å²) in [6.45, 7) is 6.36. The molecule has 0 bridgehead atoms. The van der Waals surface area contributed by atoms with Crippen LogP contribution in [0.1, 0.15) is 35.6 Å². The standard InChI is InChI=1S/C77H52N4/c1-3-18-54(4-2)81-73-43-36-51(45-66(73)67-46-52(37-44-74(67)81)53-35-42-63-62-25-14-17-30-70(62)77(71(63)47-53)68-28-15-12-23-60(68)61-24-13-16-29-69(61)77)49-31-38-56(39-32-49)80(55-19-6-5-7-20-55)57-40-33-50(34-41-57)72-48-78-75-64-26-10-8-21-58(64)59-22-9-11-27-65(59)76(75)79-72/h3,5-48H,1,4H2,2H3/b54-18+. The minimum atomic E-state index is -0.408. The fourth-order valence-electron chi connectivity index (χ4n) is 13.8. The highest BCUT2D eigenvalue weighted by Crippen LogP contribution is 2.63. The van der Waals surface area contributed by atoms with Gasteiger partial charge in [-0.15, -0.1) is 0 Å². The normalized spacial score (nSPS) is 13.0. The van der Waals surface area contributed by atoms with Gasteiger partial charge >= 0.3 is 0 Å². The molecular weight excluding hydrogens is 981 g/mol. The molecule has 2 aliphatic rings. The molecule has 0 unspecified atom stereocenters. The number of benzene rings is 12. The van der Waals surface area contributed by atoms with E-state index in [9.17, 15) is 0 Å². The highest BCUT2D eigenvalue weighted by atomic mass is 15.1. The smallest absolute Gasteiger partial charge is 0.0979 e. The van der Waals surface area contributed by atoms with Gasteiger partial charge in [0.05, 0.1) is 39.4 Å². The van der Waals surface area contributed by atoms with E-state index in [0.29, 0.717) is 0 Å². The molecule has 4 nitrogen and oxygen atoms in total. The van der Waals surface area contributed by atoms with Crippen LogP contribution in [-0.4, -0.2) is 14.5 Å². The van der Waals surface area contributed by atoms with Gasteiger partial charge in [-0.2, -0.15) is 0 Å². The summed E-state index contributed by atoms with van der Waals surface area (Å²) in [6, 6.07) is 93.7. The first-order valence-corrected chi connectivity index (χ1v) is 28.1. The summed E-state index contributed by atoms with van der Waals surface area (Å²) >= 11 is 0. The van der Waals surface area contributed by atoms with Crippen molar-refractivity contribution in [1.29, 1.82) is 0 Å². The quantitative estimate of drug-likeness (QED) is 0.107. The van der Waals surface area contributed by atoms with Crippen LogP contribution >= 0.6 is 0 Å². The number of nitrogens with zero attached hydrogens (tertiary/aromatic N) is 4. The molecule has 0 saturated carbocycles. The van der Waals surface area contributed by atoms with Crippen LogP contribution in [0.15, 0.2) is 280 Å². The minimum absolute atomic E-state index is 0.408. The second-order valence-electron chi connectivity index (χ2n) is 21.5. The predicted molar refractivity (Wildman–Crippen MR) is 340 cm³/mol. The maximum absolute atomic E-state index is 5.29. The maximum atomic E-state index is 5.29. The average Bonchev–Trinajstić information content (AvgIpc) is 1.99. The van der Waals surface area contributed by atoms with E-state index in [1.807, 2.05) is 12.3 Å².